The number of carbonyl (C=O) groups excluding carboxylic acids is 3. The first kappa shape index (κ1) is 27.1. The van der Waals surface area contributed by atoms with Crippen molar-refractivity contribution in [2.75, 3.05) is 20.8 Å². The molecule has 12 nitrogen and oxygen atoms in total. The Morgan fingerprint density at radius 2 is 1.80 bits per heavy atom. The topological polar surface area (TPSA) is 166 Å². The monoisotopic (exact) mass is 489 g/mol. The molecule has 0 bridgehead atoms. The largest absolute Gasteiger partial charge is 0.490 e. The van der Waals surface area contributed by atoms with E-state index in [1.165, 1.54) is 25.3 Å². The Morgan fingerprint density at radius 1 is 1.09 bits per heavy atom. The van der Waals surface area contributed by atoms with E-state index in [1.54, 1.807) is 24.3 Å². The molecule has 2 rings (SSSR count). The van der Waals surface area contributed by atoms with Crippen molar-refractivity contribution >= 4 is 23.7 Å². The summed E-state index contributed by atoms with van der Waals surface area (Å²) in [5.74, 6) is -1.40. The molecule has 2 aromatic rings. The van der Waals surface area contributed by atoms with Gasteiger partial charge in [0, 0.05) is 19.0 Å². The van der Waals surface area contributed by atoms with E-state index in [9.17, 15) is 29.6 Å². The number of carbonyl (C=O) groups is 3. The molecule has 0 spiro atoms. The third-order valence-corrected chi connectivity index (χ3v) is 4.82. The quantitative estimate of drug-likeness (QED) is 0.227. The minimum Gasteiger partial charge on any atom is -0.490 e. The standard InChI is InChI=1S/C23H27N3O9/c1-33-20-9-8-16(11-19(20)26(31)32)10-18(22(29)34-2)25-21(28)12-17(27)13-24-23(30)35-14-15-6-4-3-5-7-15/h3-9,11,17-18,27H,10,12-14H2,1-2H3,(H,24,30)(H,25,28)/t17-,18+/m1/s1. The lowest BCUT2D eigenvalue weighted by molar-refractivity contribution is -0.385. The Hall–Kier alpha value is -4.19. The van der Waals surface area contributed by atoms with Crippen LogP contribution in [0.15, 0.2) is 48.5 Å². The molecule has 2 amide bonds. The van der Waals surface area contributed by atoms with E-state index in [4.69, 9.17) is 14.2 Å². The zero-order chi connectivity index (χ0) is 25.8. The van der Waals surface area contributed by atoms with Crippen molar-refractivity contribution in [3.63, 3.8) is 0 Å². The van der Waals surface area contributed by atoms with Gasteiger partial charge in [-0.2, -0.15) is 0 Å². The van der Waals surface area contributed by atoms with Gasteiger partial charge < -0.3 is 30.0 Å². The summed E-state index contributed by atoms with van der Waals surface area (Å²) in [5, 5.41) is 26.1. The van der Waals surface area contributed by atoms with Crippen LogP contribution in [0.1, 0.15) is 17.5 Å². The molecule has 2 atom stereocenters. The Morgan fingerprint density at radius 3 is 2.43 bits per heavy atom. The Bertz CT molecular complexity index is 1030. The van der Waals surface area contributed by atoms with Crippen molar-refractivity contribution in [1.29, 1.82) is 0 Å². The molecule has 0 saturated carbocycles. The van der Waals surface area contributed by atoms with Gasteiger partial charge in [-0.05, 0) is 17.2 Å². The van der Waals surface area contributed by atoms with E-state index in [1.807, 2.05) is 6.07 Å². The number of alkyl carbamates (subject to hydrolysis) is 1. The molecule has 0 radical (unpaired) electrons. The molecule has 0 aliphatic heterocycles. The van der Waals surface area contributed by atoms with Crippen LogP contribution in [0, 0.1) is 10.1 Å². The average molecular weight is 489 g/mol. The highest BCUT2D eigenvalue weighted by Crippen LogP contribution is 2.28. The lowest BCUT2D eigenvalue weighted by Crippen LogP contribution is -2.45. The minimum atomic E-state index is -1.25. The van der Waals surface area contributed by atoms with Gasteiger partial charge in [-0.3, -0.25) is 14.9 Å². The van der Waals surface area contributed by atoms with Crippen LogP contribution in [0.3, 0.4) is 0 Å². The zero-order valence-corrected chi connectivity index (χ0v) is 19.3. The molecule has 0 aliphatic rings. The summed E-state index contributed by atoms with van der Waals surface area (Å²) in [6.45, 7) is -0.206. The lowest BCUT2D eigenvalue weighted by atomic mass is 10.0. The van der Waals surface area contributed by atoms with Crippen molar-refractivity contribution in [2.45, 2.75) is 31.6 Å². The number of aliphatic hydroxyl groups is 1. The third-order valence-electron chi connectivity index (χ3n) is 4.82. The number of nitrogens with zero attached hydrogens (tertiary/aromatic N) is 1. The number of aliphatic hydroxyl groups excluding tert-OH is 1. The highest BCUT2D eigenvalue weighted by atomic mass is 16.6. The molecule has 0 heterocycles. The second kappa shape index (κ2) is 13.5. The van der Waals surface area contributed by atoms with Crippen LogP contribution < -0.4 is 15.4 Å². The van der Waals surface area contributed by atoms with Gasteiger partial charge in [-0.15, -0.1) is 0 Å². The van der Waals surface area contributed by atoms with E-state index in [0.717, 1.165) is 12.7 Å². The van der Waals surface area contributed by atoms with Gasteiger partial charge in [0.2, 0.25) is 5.91 Å². The Labute approximate surface area is 201 Å². The summed E-state index contributed by atoms with van der Waals surface area (Å²) < 4.78 is 14.7. The Balaban J connectivity index is 1.88. The van der Waals surface area contributed by atoms with Crippen molar-refractivity contribution in [1.82, 2.24) is 10.6 Å². The van der Waals surface area contributed by atoms with Crippen LogP contribution in [-0.4, -0.2) is 60.9 Å². The summed E-state index contributed by atoms with van der Waals surface area (Å²) in [6, 6.07) is 12.0. The number of amides is 2. The van der Waals surface area contributed by atoms with Crippen LogP contribution in [0.25, 0.3) is 0 Å². The second-order valence-electron chi connectivity index (χ2n) is 7.41. The first-order valence-corrected chi connectivity index (χ1v) is 10.5. The SMILES string of the molecule is COC(=O)[C@H](Cc1ccc(OC)c([N+](=O)[O-])c1)NC(=O)C[C@@H](O)CNC(=O)OCc1ccccc1. The fraction of sp³-hybridized carbons (Fsp3) is 0.348. The summed E-state index contributed by atoms with van der Waals surface area (Å²) >= 11 is 0. The smallest absolute Gasteiger partial charge is 0.407 e. The van der Waals surface area contributed by atoms with Crippen molar-refractivity contribution in [3.8, 4) is 5.75 Å². The maximum atomic E-state index is 12.4. The molecule has 0 aromatic heterocycles. The lowest BCUT2D eigenvalue weighted by Gasteiger charge is -2.18. The second-order valence-corrected chi connectivity index (χ2v) is 7.41. The number of benzene rings is 2. The highest BCUT2D eigenvalue weighted by molar-refractivity contribution is 5.85. The van der Waals surface area contributed by atoms with Crippen molar-refractivity contribution < 1.29 is 38.6 Å². The number of methoxy groups -OCH3 is 2. The first-order chi connectivity index (χ1) is 16.7. The number of nitrogens with one attached hydrogen (secondary N) is 2. The molecule has 0 fully saturated rings. The van der Waals surface area contributed by atoms with Gasteiger partial charge in [-0.25, -0.2) is 9.59 Å². The number of hydrogen-bond acceptors (Lipinski definition) is 9. The predicted octanol–water partition coefficient (Wildman–Crippen LogP) is 1.48. The molecular formula is C23H27N3O9. The number of esters is 1. The summed E-state index contributed by atoms with van der Waals surface area (Å²) in [7, 11) is 2.43. The number of rotatable bonds is 12. The van der Waals surface area contributed by atoms with Crippen molar-refractivity contribution in [2.24, 2.45) is 0 Å². The van der Waals surface area contributed by atoms with Gasteiger partial charge in [0.05, 0.1) is 31.7 Å². The van der Waals surface area contributed by atoms with Gasteiger partial charge in [-0.1, -0.05) is 36.4 Å². The molecule has 0 saturated heterocycles. The predicted molar refractivity (Wildman–Crippen MR) is 123 cm³/mol. The normalized spacial score (nSPS) is 12.1. The van der Waals surface area contributed by atoms with E-state index in [-0.39, 0.29) is 31.0 Å². The van der Waals surface area contributed by atoms with Gasteiger partial charge in [0.15, 0.2) is 5.75 Å². The molecule has 188 valence electrons. The number of hydrogen-bond donors (Lipinski definition) is 3. The number of nitro benzene ring substituents is 1. The van der Waals surface area contributed by atoms with Gasteiger partial charge in [0.1, 0.15) is 12.6 Å². The summed E-state index contributed by atoms with van der Waals surface area (Å²) in [5.41, 5.74) is 0.885. The molecule has 0 unspecified atom stereocenters. The Kier molecular flexibility index (Phi) is 10.4. The van der Waals surface area contributed by atoms with E-state index in [2.05, 4.69) is 10.6 Å². The molecule has 2 aromatic carbocycles. The minimum absolute atomic E-state index is 0.0492. The van der Waals surface area contributed by atoms with Crippen LogP contribution in [-0.2, 0) is 32.1 Å². The fourth-order valence-electron chi connectivity index (χ4n) is 3.09. The maximum absolute atomic E-state index is 12.4. The molecule has 12 heteroatoms. The summed E-state index contributed by atoms with van der Waals surface area (Å²) in [6.07, 6.45) is -2.53. The van der Waals surface area contributed by atoms with Gasteiger partial charge >= 0.3 is 17.7 Å². The molecule has 35 heavy (non-hydrogen) atoms. The highest BCUT2D eigenvalue weighted by Gasteiger charge is 2.25. The average Bonchev–Trinajstić information content (AvgIpc) is 2.85. The van der Waals surface area contributed by atoms with Gasteiger partial charge in [0.25, 0.3) is 0 Å². The van der Waals surface area contributed by atoms with Crippen LogP contribution in [0.2, 0.25) is 0 Å². The number of nitro groups is 1. The van der Waals surface area contributed by atoms with E-state index < -0.39 is 41.5 Å². The van der Waals surface area contributed by atoms with E-state index in [0.29, 0.717) is 5.56 Å². The molecule has 3 N–H and O–H groups in total. The molecular weight excluding hydrogens is 462 g/mol. The van der Waals surface area contributed by atoms with Crippen LogP contribution in [0.5, 0.6) is 5.75 Å². The zero-order valence-electron chi connectivity index (χ0n) is 19.3. The molecule has 0 aliphatic carbocycles. The first-order valence-electron chi connectivity index (χ1n) is 10.5. The summed E-state index contributed by atoms with van der Waals surface area (Å²) in [4.78, 5) is 46.9. The number of ether oxygens (including phenoxy) is 3. The van der Waals surface area contributed by atoms with E-state index >= 15 is 0 Å². The fourth-order valence-corrected chi connectivity index (χ4v) is 3.09. The van der Waals surface area contributed by atoms with Crippen LogP contribution >= 0.6 is 0 Å². The maximum Gasteiger partial charge on any atom is 0.407 e. The van der Waals surface area contributed by atoms with Crippen LogP contribution in [0.4, 0.5) is 10.5 Å². The third kappa shape index (κ3) is 8.93. The van der Waals surface area contributed by atoms with Crippen molar-refractivity contribution in [3.05, 3.63) is 69.8 Å².